The van der Waals surface area contributed by atoms with E-state index >= 15 is 0 Å². The first-order chi connectivity index (χ1) is 12.8. The Morgan fingerprint density at radius 2 is 1.88 bits per heavy atom. The predicted octanol–water partition coefficient (Wildman–Crippen LogP) is 3.05. The van der Waals surface area contributed by atoms with Gasteiger partial charge in [0.25, 0.3) is 0 Å². The van der Waals surface area contributed by atoms with E-state index in [9.17, 15) is 4.79 Å². The molecule has 1 N–H and O–H groups in total. The van der Waals surface area contributed by atoms with Crippen molar-refractivity contribution in [1.82, 2.24) is 10.2 Å². The van der Waals surface area contributed by atoms with Crippen molar-refractivity contribution >= 4 is 5.91 Å². The van der Waals surface area contributed by atoms with Crippen LogP contribution in [0.4, 0.5) is 0 Å². The van der Waals surface area contributed by atoms with Crippen LogP contribution in [0.15, 0.2) is 54.6 Å². The maximum atomic E-state index is 13.0. The predicted molar refractivity (Wildman–Crippen MR) is 102 cm³/mol. The molecule has 4 heteroatoms. The van der Waals surface area contributed by atoms with E-state index in [4.69, 9.17) is 4.74 Å². The lowest BCUT2D eigenvalue weighted by molar-refractivity contribution is -0.132. The van der Waals surface area contributed by atoms with Gasteiger partial charge in [0.2, 0.25) is 5.91 Å². The van der Waals surface area contributed by atoms with E-state index in [1.54, 1.807) is 7.11 Å². The number of hydrogen-bond acceptors (Lipinski definition) is 3. The number of ether oxygens (including phenoxy) is 1. The molecular weight excluding hydrogens is 324 g/mol. The molecule has 0 spiro atoms. The Hall–Kier alpha value is -2.33. The van der Waals surface area contributed by atoms with E-state index < -0.39 is 0 Å². The van der Waals surface area contributed by atoms with Gasteiger partial charge in [-0.2, -0.15) is 0 Å². The molecule has 26 heavy (non-hydrogen) atoms. The minimum absolute atomic E-state index is 0.208. The number of methoxy groups -OCH3 is 1. The standard InChI is InChI=1S/C22H26N2O2/c1-26-19-10-7-16(8-11-19)9-12-21(25)24-15-18-13-23-14-20(18)22(24)17-5-3-2-4-6-17/h2-8,10-11,18,20,22-23H,9,12-15H2,1H3/t18-,20-,22-/m0/s1. The van der Waals surface area contributed by atoms with Gasteiger partial charge in [0.05, 0.1) is 13.2 Å². The molecule has 4 rings (SSSR count). The van der Waals surface area contributed by atoms with Crippen LogP contribution in [-0.4, -0.2) is 37.6 Å². The summed E-state index contributed by atoms with van der Waals surface area (Å²) in [5.74, 6) is 2.22. The summed E-state index contributed by atoms with van der Waals surface area (Å²) in [7, 11) is 1.67. The molecule has 0 unspecified atom stereocenters. The Labute approximate surface area is 155 Å². The number of benzene rings is 2. The molecule has 1 amide bonds. The van der Waals surface area contributed by atoms with E-state index in [0.29, 0.717) is 18.3 Å². The van der Waals surface area contributed by atoms with Crippen LogP contribution < -0.4 is 10.1 Å². The molecule has 2 fully saturated rings. The Bertz CT molecular complexity index is 744. The lowest BCUT2D eigenvalue weighted by atomic mass is 9.89. The van der Waals surface area contributed by atoms with Crippen molar-refractivity contribution in [2.75, 3.05) is 26.7 Å². The molecule has 2 aliphatic rings. The maximum Gasteiger partial charge on any atom is 0.223 e. The normalized spacial score (nSPS) is 24.5. The Balaban J connectivity index is 1.46. The first kappa shape index (κ1) is 17.1. The second-order valence-electron chi connectivity index (χ2n) is 7.33. The topological polar surface area (TPSA) is 41.6 Å². The number of rotatable bonds is 5. The molecule has 0 radical (unpaired) electrons. The number of fused-ring (bicyclic) bond motifs is 1. The molecule has 2 saturated heterocycles. The van der Waals surface area contributed by atoms with E-state index in [1.165, 1.54) is 11.1 Å². The fourth-order valence-corrected chi connectivity index (χ4v) is 4.44. The number of carbonyl (C=O) groups excluding carboxylic acids is 1. The highest BCUT2D eigenvalue weighted by atomic mass is 16.5. The summed E-state index contributed by atoms with van der Waals surface area (Å²) < 4.78 is 5.20. The second kappa shape index (κ2) is 7.50. The lowest BCUT2D eigenvalue weighted by Crippen LogP contribution is -2.34. The van der Waals surface area contributed by atoms with Crippen LogP contribution in [0, 0.1) is 11.8 Å². The van der Waals surface area contributed by atoms with Crippen molar-refractivity contribution in [3.05, 3.63) is 65.7 Å². The number of nitrogens with zero attached hydrogens (tertiary/aromatic N) is 1. The highest BCUT2D eigenvalue weighted by Crippen LogP contribution is 2.42. The van der Waals surface area contributed by atoms with Crippen LogP contribution in [-0.2, 0) is 11.2 Å². The van der Waals surface area contributed by atoms with Crippen molar-refractivity contribution < 1.29 is 9.53 Å². The zero-order chi connectivity index (χ0) is 17.9. The molecule has 0 aliphatic carbocycles. The van der Waals surface area contributed by atoms with Gasteiger partial charge >= 0.3 is 0 Å². The van der Waals surface area contributed by atoms with Gasteiger partial charge in [0.15, 0.2) is 0 Å². The highest BCUT2D eigenvalue weighted by molar-refractivity contribution is 5.77. The minimum atomic E-state index is 0.208. The van der Waals surface area contributed by atoms with Crippen molar-refractivity contribution in [1.29, 1.82) is 0 Å². The van der Waals surface area contributed by atoms with E-state index in [0.717, 1.165) is 31.8 Å². The van der Waals surface area contributed by atoms with Gasteiger partial charge < -0.3 is 15.0 Å². The summed E-state index contributed by atoms with van der Waals surface area (Å²) in [6.45, 7) is 2.90. The summed E-state index contributed by atoms with van der Waals surface area (Å²) in [5.41, 5.74) is 2.44. The van der Waals surface area contributed by atoms with Crippen LogP contribution in [0.2, 0.25) is 0 Å². The number of aryl methyl sites for hydroxylation is 1. The SMILES string of the molecule is COc1ccc(CCC(=O)N2C[C@@H]3CNC[C@@H]3[C@@H]2c2ccccc2)cc1. The smallest absolute Gasteiger partial charge is 0.223 e. The summed E-state index contributed by atoms with van der Waals surface area (Å²) in [4.78, 5) is 15.2. The largest absolute Gasteiger partial charge is 0.497 e. The molecule has 0 aromatic heterocycles. The number of likely N-dealkylation sites (tertiary alicyclic amines) is 1. The molecule has 0 saturated carbocycles. The second-order valence-corrected chi connectivity index (χ2v) is 7.33. The van der Waals surface area contributed by atoms with E-state index in [1.807, 2.05) is 30.3 Å². The fraction of sp³-hybridized carbons (Fsp3) is 0.409. The molecule has 2 heterocycles. The van der Waals surface area contributed by atoms with Gasteiger partial charge in [0.1, 0.15) is 5.75 Å². The van der Waals surface area contributed by atoms with Crippen LogP contribution >= 0.6 is 0 Å². The molecule has 2 aromatic rings. The van der Waals surface area contributed by atoms with E-state index in [-0.39, 0.29) is 11.9 Å². The van der Waals surface area contributed by atoms with Crippen LogP contribution in [0.25, 0.3) is 0 Å². The Kier molecular flexibility index (Phi) is 4.93. The number of nitrogens with one attached hydrogen (secondary N) is 1. The lowest BCUT2D eigenvalue weighted by Gasteiger charge is -2.28. The average Bonchev–Trinajstić information content (AvgIpc) is 3.28. The third-order valence-corrected chi connectivity index (χ3v) is 5.81. The third-order valence-electron chi connectivity index (χ3n) is 5.81. The van der Waals surface area contributed by atoms with Gasteiger partial charge in [0, 0.05) is 32.0 Å². The highest BCUT2D eigenvalue weighted by Gasteiger charge is 2.46. The van der Waals surface area contributed by atoms with Gasteiger partial charge in [-0.15, -0.1) is 0 Å². The molecular formula is C22H26N2O2. The zero-order valence-electron chi connectivity index (χ0n) is 15.2. The van der Waals surface area contributed by atoms with Crippen LogP contribution in [0.1, 0.15) is 23.6 Å². The first-order valence-corrected chi connectivity index (χ1v) is 9.44. The van der Waals surface area contributed by atoms with Gasteiger partial charge in [-0.25, -0.2) is 0 Å². The van der Waals surface area contributed by atoms with Crippen molar-refractivity contribution in [3.8, 4) is 5.75 Å². The summed E-state index contributed by atoms with van der Waals surface area (Å²) in [6, 6.07) is 18.7. The zero-order valence-corrected chi connectivity index (χ0v) is 15.2. The molecule has 2 aromatic carbocycles. The van der Waals surface area contributed by atoms with Gasteiger partial charge in [-0.05, 0) is 35.6 Å². The average molecular weight is 350 g/mol. The summed E-state index contributed by atoms with van der Waals surface area (Å²) in [6.07, 6.45) is 1.33. The van der Waals surface area contributed by atoms with Crippen molar-refractivity contribution in [2.45, 2.75) is 18.9 Å². The molecule has 4 nitrogen and oxygen atoms in total. The van der Waals surface area contributed by atoms with Gasteiger partial charge in [-0.3, -0.25) is 4.79 Å². The monoisotopic (exact) mass is 350 g/mol. The minimum Gasteiger partial charge on any atom is -0.497 e. The Morgan fingerprint density at radius 3 is 2.62 bits per heavy atom. The molecule has 136 valence electrons. The number of carbonyl (C=O) groups is 1. The number of hydrogen-bond donors (Lipinski definition) is 1. The first-order valence-electron chi connectivity index (χ1n) is 9.44. The maximum absolute atomic E-state index is 13.0. The van der Waals surface area contributed by atoms with Crippen LogP contribution in [0.5, 0.6) is 5.75 Å². The summed E-state index contributed by atoms with van der Waals surface area (Å²) >= 11 is 0. The van der Waals surface area contributed by atoms with Crippen molar-refractivity contribution in [3.63, 3.8) is 0 Å². The quantitative estimate of drug-likeness (QED) is 0.901. The third kappa shape index (κ3) is 3.34. The molecule has 0 bridgehead atoms. The summed E-state index contributed by atoms with van der Waals surface area (Å²) in [5, 5.41) is 3.50. The van der Waals surface area contributed by atoms with Crippen molar-refractivity contribution in [2.24, 2.45) is 11.8 Å². The Morgan fingerprint density at radius 1 is 1.12 bits per heavy atom. The molecule has 2 aliphatic heterocycles. The number of amides is 1. The molecule has 3 atom stereocenters. The van der Waals surface area contributed by atoms with E-state index in [2.05, 4.69) is 34.5 Å². The van der Waals surface area contributed by atoms with Gasteiger partial charge in [-0.1, -0.05) is 42.5 Å². The fourth-order valence-electron chi connectivity index (χ4n) is 4.44. The van der Waals surface area contributed by atoms with Crippen LogP contribution in [0.3, 0.4) is 0 Å².